The van der Waals surface area contributed by atoms with Gasteiger partial charge in [-0.25, -0.2) is 4.79 Å². The van der Waals surface area contributed by atoms with Gasteiger partial charge in [-0.05, 0) is 11.6 Å². The van der Waals surface area contributed by atoms with E-state index in [2.05, 4.69) is 15.1 Å². The van der Waals surface area contributed by atoms with E-state index in [-0.39, 0.29) is 40.4 Å². The van der Waals surface area contributed by atoms with Gasteiger partial charge in [0, 0.05) is 31.8 Å². The predicted molar refractivity (Wildman–Crippen MR) is 101 cm³/mol. The fourth-order valence-electron chi connectivity index (χ4n) is 2.89. The van der Waals surface area contributed by atoms with E-state index in [1.54, 1.807) is 6.07 Å². The van der Waals surface area contributed by atoms with Crippen LogP contribution in [0.2, 0.25) is 5.28 Å². The maximum Gasteiger partial charge on any atom is 0.332 e. The summed E-state index contributed by atoms with van der Waals surface area (Å²) < 4.78 is 8.71. The molecule has 0 unspecified atom stereocenters. The molecule has 3 aromatic heterocycles. The molecule has 29 heavy (non-hydrogen) atoms. The van der Waals surface area contributed by atoms with E-state index in [9.17, 15) is 19.7 Å². The van der Waals surface area contributed by atoms with Crippen LogP contribution in [0.1, 0.15) is 5.89 Å². The van der Waals surface area contributed by atoms with Gasteiger partial charge in [-0.1, -0.05) is 17.3 Å². The maximum absolute atomic E-state index is 12.6. The number of aryl methyl sites for hydroxylation is 1. The molecule has 13 heteroatoms. The van der Waals surface area contributed by atoms with Crippen LogP contribution < -0.4 is 11.2 Å². The number of aromatic nitrogens is 6. The smallest absolute Gasteiger partial charge is 0.332 e. The maximum atomic E-state index is 12.6. The highest BCUT2D eigenvalue weighted by atomic mass is 35.5. The first-order chi connectivity index (χ1) is 13.8. The first-order valence-electron chi connectivity index (χ1n) is 8.17. The zero-order chi connectivity index (χ0) is 20.9. The summed E-state index contributed by atoms with van der Waals surface area (Å²) in [4.78, 5) is 43.3. The number of non-ortho nitro benzene ring substituents is 1. The van der Waals surface area contributed by atoms with Crippen LogP contribution in [0.15, 0.2) is 38.4 Å². The van der Waals surface area contributed by atoms with Crippen molar-refractivity contribution in [2.75, 3.05) is 0 Å². The lowest BCUT2D eigenvalue weighted by Gasteiger charge is -2.05. The highest BCUT2D eigenvalue weighted by Crippen LogP contribution is 2.22. The second-order valence-corrected chi connectivity index (χ2v) is 6.50. The van der Waals surface area contributed by atoms with Crippen molar-refractivity contribution in [2.24, 2.45) is 14.1 Å². The SMILES string of the molecule is Cn1c(=O)c2c(nc(Cl)n2Cc2nc(-c3cccc([N+](=O)[O-])c3)no2)n(C)c1=O. The molecule has 4 rings (SSSR count). The number of hydrogen-bond donors (Lipinski definition) is 0. The van der Waals surface area contributed by atoms with Crippen molar-refractivity contribution in [2.45, 2.75) is 6.54 Å². The van der Waals surface area contributed by atoms with Crippen molar-refractivity contribution >= 4 is 28.5 Å². The number of halogens is 1. The molecule has 0 aliphatic rings. The van der Waals surface area contributed by atoms with Crippen molar-refractivity contribution in [3.63, 3.8) is 0 Å². The van der Waals surface area contributed by atoms with Crippen LogP contribution in [0.3, 0.4) is 0 Å². The lowest BCUT2D eigenvalue weighted by atomic mass is 10.2. The zero-order valence-electron chi connectivity index (χ0n) is 15.1. The van der Waals surface area contributed by atoms with Crippen molar-refractivity contribution < 1.29 is 9.45 Å². The Kier molecular flexibility index (Phi) is 4.27. The quantitative estimate of drug-likeness (QED) is 0.272. The van der Waals surface area contributed by atoms with E-state index in [0.717, 1.165) is 4.57 Å². The first-order valence-corrected chi connectivity index (χ1v) is 8.55. The van der Waals surface area contributed by atoms with Crippen LogP contribution in [0.5, 0.6) is 0 Å². The second-order valence-electron chi connectivity index (χ2n) is 6.16. The molecule has 0 atom stereocenters. The van der Waals surface area contributed by atoms with E-state index in [1.807, 2.05) is 0 Å². The average molecular weight is 418 g/mol. The Hall–Kier alpha value is -3.80. The number of benzene rings is 1. The van der Waals surface area contributed by atoms with Crippen molar-refractivity contribution in [1.29, 1.82) is 0 Å². The van der Waals surface area contributed by atoms with Gasteiger partial charge in [0.1, 0.15) is 6.54 Å². The largest absolute Gasteiger partial charge is 0.337 e. The van der Waals surface area contributed by atoms with Gasteiger partial charge in [-0.3, -0.25) is 28.6 Å². The minimum atomic E-state index is -0.569. The standard InChI is InChI=1S/C16H12ClN7O5/c1-21-13-11(14(25)22(2)16(21)26)23(15(17)19-13)7-10-18-12(20-29-10)8-4-3-5-9(6-8)24(27)28/h3-6H,7H2,1-2H3. The summed E-state index contributed by atoms with van der Waals surface area (Å²) >= 11 is 6.17. The molecule has 0 saturated heterocycles. The normalized spacial score (nSPS) is 11.3. The van der Waals surface area contributed by atoms with Crippen LogP contribution in [0.25, 0.3) is 22.6 Å². The van der Waals surface area contributed by atoms with Gasteiger partial charge in [0.05, 0.1) is 4.92 Å². The third-order valence-corrected chi connectivity index (χ3v) is 4.67. The number of hydrogen-bond acceptors (Lipinski definition) is 8. The van der Waals surface area contributed by atoms with Gasteiger partial charge in [0.25, 0.3) is 11.2 Å². The Morgan fingerprint density at radius 3 is 2.69 bits per heavy atom. The van der Waals surface area contributed by atoms with E-state index in [0.29, 0.717) is 5.56 Å². The van der Waals surface area contributed by atoms with Crippen LogP contribution in [-0.2, 0) is 20.6 Å². The molecule has 0 aliphatic heterocycles. The van der Waals surface area contributed by atoms with Crippen molar-refractivity contribution in [1.82, 2.24) is 28.8 Å². The summed E-state index contributed by atoms with van der Waals surface area (Å²) in [6.45, 7) is -0.0787. The topological polar surface area (TPSA) is 144 Å². The lowest BCUT2D eigenvalue weighted by Crippen LogP contribution is -2.37. The van der Waals surface area contributed by atoms with Crippen molar-refractivity contribution in [3.05, 3.63) is 66.4 Å². The molecule has 1 aromatic carbocycles. The Morgan fingerprint density at radius 2 is 1.97 bits per heavy atom. The number of imidazole rings is 1. The highest BCUT2D eigenvalue weighted by molar-refractivity contribution is 6.29. The average Bonchev–Trinajstić information content (AvgIpc) is 3.30. The van der Waals surface area contributed by atoms with Gasteiger partial charge >= 0.3 is 5.69 Å². The van der Waals surface area contributed by atoms with Gasteiger partial charge in [-0.2, -0.15) is 9.97 Å². The molecule has 0 fully saturated rings. The molecule has 148 valence electrons. The molecule has 0 bridgehead atoms. The van der Waals surface area contributed by atoms with Gasteiger partial charge in [0.2, 0.25) is 17.0 Å². The molecular formula is C16H12ClN7O5. The summed E-state index contributed by atoms with van der Waals surface area (Å²) in [6.07, 6.45) is 0. The Balaban J connectivity index is 1.77. The zero-order valence-corrected chi connectivity index (χ0v) is 15.8. The molecular weight excluding hydrogens is 406 g/mol. The molecule has 4 aromatic rings. The molecule has 3 heterocycles. The van der Waals surface area contributed by atoms with E-state index in [4.69, 9.17) is 16.1 Å². The fraction of sp³-hybridized carbons (Fsp3) is 0.188. The second kappa shape index (κ2) is 6.67. The Labute approximate surface area is 165 Å². The summed E-state index contributed by atoms with van der Waals surface area (Å²) in [5.74, 6) is 0.244. The number of nitrogens with zero attached hydrogens (tertiary/aromatic N) is 7. The van der Waals surface area contributed by atoms with Gasteiger partial charge in [0.15, 0.2) is 11.2 Å². The van der Waals surface area contributed by atoms with Gasteiger partial charge in [-0.15, -0.1) is 0 Å². The van der Waals surface area contributed by atoms with E-state index >= 15 is 0 Å². The molecule has 0 saturated carbocycles. The van der Waals surface area contributed by atoms with Crippen LogP contribution in [-0.4, -0.2) is 33.7 Å². The minimum absolute atomic E-state index is 0.0339. The number of rotatable bonds is 4. The highest BCUT2D eigenvalue weighted by Gasteiger charge is 2.20. The monoisotopic (exact) mass is 417 g/mol. The van der Waals surface area contributed by atoms with Crippen LogP contribution in [0.4, 0.5) is 5.69 Å². The molecule has 0 aliphatic carbocycles. The van der Waals surface area contributed by atoms with Crippen LogP contribution in [0, 0.1) is 10.1 Å². The Bertz CT molecular complexity index is 1400. The molecule has 0 spiro atoms. The van der Waals surface area contributed by atoms with E-state index in [1.165, 1.54) is 41.4 Å². The summed E-state index contributed by atoms with van der Waals surface area (Å²) in [5, 5.41) is 14.7. The number of fused-ring (bicyclic) bond motifs is 1. The predicted octanol–water partition coefficient (Wildman–Crippen LogP) is 1.09. The van der Waals surface area contributed by atoms with E-state index < -0.39 is 16.2 Å². The third kappa shape index (κ3) is 2.99. The summed E-state index contributed by atoms with van der Waals surface area (Å²) in [7, 11) is 2.83. The molecule has 0 N–H and O–H groups in total. The minimum Gasteiger partial charge on any atom is -0.337 e. The Morgan fingerprint density at radius 1 is 1.21 bits per heavy atom. The van der Waals surface area contributed by atoms with Crippen molar-refractivity contribution in [3.8, 4) is 11.4 Å². The first kappa shape index (κ1) is 18.6. The lowest BCUT2D eigenvalue weighted by molar-refractivity contribution is -0.384. The summed E-state index contributed by atoms with van der Waals surface area (Å²) in [5.41, 5.74) is -0.581. The van der Waals surface area contributed by atoms with Crippen LogP contribution >= 0.6 is 11.6 Å². The number of nitro benzene ring substituents is 1. The third-order valence-electron chi connectivity index (χ3n) is 4.38. The summed E-state index contributed by atoms with van der Waals surface area (Å²) in [6, 6.07) is 5.78. The van der Waals surface area contributed by atoms with Gasteiger partial charge < -0.3 is 4.52 Å². The number of nitro groups is 1. The fourth-order valence-corrected chi connectivity index (χ4v) is 3.12. The molecule has 12 nitrogen and oxygen atoms in total. The molecule has 0 radical (unpaired) electrons. The molecule has 0 amide bonds.